The van der Waals surface area contributed by atoms with Gasteiger partial charge in [0.2, 0.25) is 5.91 Å². The molecule has 0 radical (unpaired) electrons. The van der Waals surface area contributed by atoms with E-state index in [4.69, 9.17) is 26.6 Å². The second-order valence-corrected chi connectivity index (χ2v) is 4.52. The number of methoxy groups -OCH3 is 1. The first-order valence-electron chi connectivity index (χ1n) is 5.93. The number of ether oxygens (including phenoxy) is 1. The summed E-state index contributed by atoms with van der Waals surface area (Å²) in [6, 6.07) is 3.89. The molecule has 1 rings (SSSR count). The molecule has 0 aliphatic heterocycles. The summed E-state index contributed by atoms with van der Waals surface area (Å²) in [5.41, 5.74) is 0.835. The normalized spacial score (nSPS) is 11.8. The van der Waals surface area contributed by atoms with Crippen molar-refractivity contribution in [3.8, 4) is 5.75 Å². The molecule has 20 heavy (non-hydrogen) atoms. The maximum absolute atomic E-state index is 11.6. The molecule has 7 heteroatoms. The minimum atomic E-state index is -1.28. The second-order valence-electron chi connectivity index (χ2n) is 4.11. The number of halogens is 1. The number of hydrogen-bond donors (Lipinski definition) is 3. The Balaban J connectivity index is 2.52. The highest BCUT2D eigenvalue weighted by Crippen LogP contribution is 2.25. The van der Waals surface area contributed by atoms with E-state index >= 15 is 0 Å². The van der Waals surface area contributed by atoms with E-state index in [-0.39, 0.29) is 6.42 Å². The number of carboxylic acid groups (broad SMARTS) is 1. The Morgan fingerprint density at radius 1 is 1.45 bits per heavy atom. The number of aliphatic hydroxyl groups is 1. The molecule has 0 bridgehead atoms. The van der Waals surface area contributed by atoms with Crippen LogP contribution in [-0.2, 0) is 16.0 Å². The summed E-state index contributed by atoms with van der Waals surface area (Å²) in [5.74, 6) is -1.17. The third-order valence-corrected chi connectivity index (χ3v) is 2.97. The molecule has 6 nitrogen and oxygen atoms in total. The highest BCUT2D eigenvalue weighted by Gasteiger charge is 2.18. The van der Waals surface area contributed by atoms with Crippen LogP contribution < -0.4 is 10.1 Å². The number of nitrogens with one attached hydrogen (secondary N) is 1. The maximum atomic E-state index is 11.6. The standard InChI is InChI=1S/C13H16ClNO5/c1-20-11-4-2-8(6-9(11)14)3-5-12(17)15-10(7-16)13(18)19/h2,4,6,10,16H,3,5,7H2,1H3,(H,15,17)(H,18,19)/t10-/m1/s1. The average Bonchev–Trinajstić information content (AvgIpc) is 2.42. The Morgan fingerprint density at radius 2 is 2.15 bits per heavy atom. The van der Waals surface area contributed by atoms with Gasteiger partial charge < -0.3 is 20.3 Å². The van der Waals surface area contributed by atoms with Crippen molar-refractivity contribution in [2.45, 2.75) is 18.9 Å². The number of aliphatic carboxylic acids is 1. The fourth-order valence-electron chi connectivity index (χ4n) is 1.58. The Morgan fingerprint density at radius 3 is 2.65 bits per heavy atom. The second kappa shape index (κ2) is 7.72. The SMILES string of the molecule is COc1ccc(CCC(=O)N[C@H](CO)C(=O)O)cc1Cl. The zero-order valence-electron chi connectivity index (χ0n) is 10.9. The number of benzene rings is 1. The van der Waals surface area contributed by atoms with Gasteiger partial charge in [0, 0.05) is 6.42 Å². The molecule has 0 aliphatic rings. The summed E-state index contributed by atoms with van der Waals surface area (Å²) in [6.07, 6.45) is 0.514. The molecule has 0 heterocycles. The molecule has 0 saturated heterocycles. The Bertz CT molecular complexity index is 492. The van der Waals surface area contributed by atoms with E-state index in [0.29, 0.717) is 17.2 Å². The van der Waals surface area contributed by atoms with E-state index in [1.165, 1.54) is 7.11 Å². The number of rotatable bonds is 7. The molecule has 1 aromatic rings. The molecule has 110 valence electrons. The van der Waals surface area contributed by atoms with Gasteiger partial charge in [-0.1, -0.05) is 17.7 Å². The van der Waals surface area contributed by atoms with Crippen molar-refractivity contribution in [3.05, 3.63) is 28.8 Å². The van der Waals surface area contributed by atoms with Crippen molar-refractivity contribution >= 4 is 23.5 Å². The van der Waals surface area contributed by atoms with Crippen molar-refractivity contribution in [3.63, 3.8) is 0 Å². The number of aliphatic hydroxyl groups excluding tert-OH is 1. The Labute approximate surface area is 121 Å². The van der Waals surface area contributed by atoms with E-state index in [0.717, 1.165) is 5.56 Å². The minimum Gasteiger partial charge on any atom is -0.495 e. The maximum Gasteiger partial charge on any atom is 0.328 e. The number of carbonyl (C=O) groups is 2. The lowest BCUT2D eigenvalue weighted by atomic mass is 10.1. The molecule has 1 atom stereocenters. The van der Waals surface area contributed by atoms with Crippen LogP contribution in [0.1, 0.15) is 12.0 Å². The van der Waals surface area contributed by atoms with Crippen LogP contribution in [0.4, 0.5) is 0 Å². The van der Waals surface area contributed by atoms with Gasteiger partial charge in [0.15, 0.2) is 0 Å². The Kier molecular flexibility index (Phi) is 6.27. The summed E-state index contributed by atoms with van der Waals surface area (Å²) >= 11 is 5.96. The predicted octanol–water partition coefficient (Wildman–Crippen LogP) is 0.843. The summed E-state index contributed by atoms with van der Waals surface area (Å²) in [6.45, 7) is -0.643. The van der Waals surface area contributed by atoms with Crippen molar-refractivity contribution in [1.29, 1.82) is 0 Å². The van der Waals surface area contributed by atoms with Crippen molar-refractivity contribution in [2.24, 2.45) is 0 Å². The molecule has 3 N–H and O–H groups in total. The van der Waals surface area contributed by atoms with Gasteiger partial charge in [0.05, 0.1) is 18.7 Å². The Hall–Kier alpha value is -1.79. The van der Waals surface area contributed by atoms with Gasteiger partial charge in [0.1, 0.15) is 11.8 Å². The molecular formula is C13H16ClNO5. The van der Waals surface area contributed by atoms with Crippen molar-refractivity contribution in [1.82, 2.24) is 5.32 Å². The fourth-order valence-corrected chi connectivity index (χ4v) is 1.86. The zero-order chi connectivity index (χ0) is 15.1. The number of amides is 1. The lowest BCUT2D eigenvalue weighted by Gasteiger charge is -2.11. The smallest absolute Gasteiger partial charge is 0.328 e. The molecule has 0 aromatic heterocycles. The minimum absolute atomic E-state index is 0.104. The molecule has 0 saturated carbocycles. The van der Waals surface area contributed by atoms with Crippen LogP contribution >= 0.6 is 11.6 Å². The summed E-state index contributed by atoms with van der Waals surface area (Å²) in [7, 11) is 1.51. The zero-order valence-corrected chi connectivity index (χ0v) is 11.7. The summed E-state index contributed by atoms with van der Waals surface area (Å²) < 4.78 is 5.01. The molecule has 0 fully saturated rings. The van der Waals surface area contributed by atoms with Crippen LogP contribution in [0.2, 0.25) is 5.02 Å². The van der Waals surface area contributed by atoms with Crippen LogP contribution in [0, 0.1) is 0 Å². The quantitative estimate of drug-likeness (QED) is 0.693. The summed E-state index contributed by atoms with van der Waals surface area (Å²) in [4.78, 5) is 22.2. The van der Waals surface area contributed by atoms with Crippen LogP contribution in [0.3, 0.4) is 0 Å². The van der Waals surface area contributed by atoms with Crippen LogP contribution in [0.25, 0.3) is 0 Å². The largest absolute Gasteiger partial charge is 0.495 e. The van der Waals surface area contributed by atoms with E-state index in [2.05, 4.69) is 5.32 Å². The molecule has 0 aliphatic carbocycles. The highest BCUT2D eigenvalue weighted by atomic mass is 35.5. The molecule has 0 unspecified atom stereocenters. The van der Waals surface area contributed by atoms with Gasteiger partial charge in [-0.2, -0.15) is 0 Å². The number of carboxylic acids is 1. The first-order chi connectivity index (χ1) is 9.47. The lowest BCUT2D eigenvalue weighted by Crippen LogP contribution is -2.43. The number of aryl methyl sites for hydroxylation is 1. The van der Waals surface area contributed by atoms with E-state index < -0.39 is 24.5 Å². The van der Waals surface area contributed by atoms with Gasteiger partial charge in [-0.15, -0.1) is 0 Å². The van der Waals surface area contributed by atoms with Crippen LogP contribution in [-0.4, -0.2) is 41.8 Å². The van der Waals surface area contributed by atoms with Gasteiger partial charge >= 0.3 is 5.97 Å². The van der Waals surface area contributed by atoms with Crippen LogP contribution in [0.15, 0.2) is 18.2 Å². The third kappa shape index (κ3) is 4.71. The number of carbonyl (C=O) groups excluding carboxylic acids is 1. The monoisotopic (exact) mass is 301 g/mol. The van der Waals surface area contributed by atoms with E-state index in [9.17, 15) is 9.59 Å². The topological polar surface area (TPSA) is 95.9 Å². The van der Waals surface area contributed by atoms with Crippen molar-refractivity contribution in [2.75, 3.05) is 13.7 Å². The van der Waals surface area contributed by atoms with Gasteiger partial charge in [-0.25, -0.2) is 4.79 Å². The lowest BCUT2D eigenvalue weighted by molar-refractivity contribution is -0.142. The van der Waals surface area contributed by atoms with Crippen LogP contribution in [0.5, 0.6) is 5.75 Å². The number of hydrogen-bond acceptors (Lipinski definition) is 4. The van der Waals surface area contributed by atoms with E-state index in [1.807, 2.05) is 0 Å². The van der Waals surface area contributed by atoms with Gasteiger partial charge in [0.25, 0.3) is 0 Å². The van der Waals surface area contributed by atoms with Gasteiger partial charge in [-0.05, 0) is 24.1 Å². The summed E-state index contributed by atoms with van der Waals surface area (Å²) in [5, 5.41) is 20.2. The van der Waals surface area contributed by atoms with Crippen molar-refractivity contribution < 1.29 is 24.5 Å². The van der Waals surface area contributed by atoms with E-state index in [1.54, 1.807) is 18.2 Å². The molecular weight excluding hydrogens is 286 g/mol. The molecule has 1 amide bonds. The predicted molar refractivity (Wildman–Crippen MR) is 73.0 cm³/mol. The molecule has 1 aromatic carbocycles. The highest BCUT2D eigenvalue weighted by molar-refractivity contribution is 6.32. The first-order valence-corrected chi connectivity index (χ1v) is 6.31. The molecule has 0 spiro atoms. The first kappa shape index (κ1) is 16.3. The van der Waals surface area contributed by atoms with Gasteiger partial charge in [-0.3, -0.25) is 4.79 Å². The third-order valence-electron chi connectivity index (χ3n) is 2.67. The average molecular weight is 302 g/mol. The fraction of sp³-hybridized carbons (Fsp3) is 0.385.